The summed E-state index contributed by atoms with van der Waals surface area (Å²) in [5, 5.41) is 12.8. The second-order valence-corrected chi connectivity index (χ2v) is 9.89. The molecule has 3 aromatic rings. The van der Waals surface area contributed by atoms with Crippen molar-refractivity contribution in [2.75, 3.05) is 0 Å². The molecule has 3 rings (SSSR count). The monoisotopic (exact) mass is 421 g/mol. The van der Waals surface area contributed by atoms with E-state index in [1.807, 2.05) is 54.8 Å². The summed E-state index contributed by atoms with van der Waals surface area (Å²) in [4.78, 5) is 12.2. The van der Waals surface area contributed by atoms with Gasteiger partial charge in [-0.1, -0.05) is 36.4 Å². The third-order valence-corrected chi connectivity index (χ3v) is 8.09. The van der Waals surface area contributed by atoms with Crippen LogP contribution in [0.4, 0.5) is 0 Å². The maximum absolute atomic E-state index is 13.4. The fourth-order valence-electron chi connectivity index (χ4n) is 2.85. The van der Waals surface area contributed by atoms with Gasteiger partial charge in [-0.05, 0) is 41.8 Å². The van der Waals surface area contributed by atoms with Crippen molar-refractivity contribution in [2.24, 2.45) is 0 Å². The van der Waals surface area contributed by atoms with Crippen molar-refractivity contribution in [3.8, 4) is 0 Å². The molecular formula is C19H19NO4S3. The molecule has 0 amide bonds. The zero-order valence-electron chi connectivity index (χ0n) is 14.6. The summed E-state index contributed by atoms with van der Waals surface area (Å²) in [6, 6.07) is 14.3. The van der Waals surface area contributed by atoms with E-state index < -0.39 is 16.0 Å². The lowest BCUT2D eigenvalue weighted by Crippen LogP contribution is -2.39. The predicted molar refractivity (Wildman–Crippen MR) is 108 cm³/mol. The summed E-state index contributed by atoms with van der Waals surface area (Å²) in [6.45, 7) is 2.04. The van der Waals surface area contributed by atoms with Crippen molar-refractivity contribution in [1.29, 1.82) is 0 Å². The van der Waals surface area contributed by atoms with Crippen LogP contribution in [0.1, 0.15) is 27.0 Å². The molecule has 0 fully saturated rings. The van der Waals surface area contributed by atoms with E-state index in [0.29, 0.717) is 6.42 Å². The molecule has 5 nitrogen and oxygen atoms in total. The molecule has 0 radical (unpaired) electrons. The fourth-order valence-corrected chi connectivity index (χ4v) is 6.53. The van der Waals surface area contributed by atoms with Gasteiger partial charge in [0.2, 0.25) is 10.0 Å². The van der Waals surface area contributed by atoms with Crippen LogP contribution in [0.2, 0.25) is 0 Å². The predicted octanol–water partition coefficient (Wildman–Crippen LogP) is 4.33. The number of thiophene rings is 2. The maximum atomic E-state index is 13.4. The van der Waals surface area contributed by atoms with Crippen LogP contribution >= 0.6 is 22.7 Å². The molecule has 8 heteroatoms. The van der Waals surface area contributed by atoms with E-state index >= 15 is 0 Å². The van der Waals surface area contributed by atoms with Gasteiger partial charge in [0.25, 0.3) is 0 Å². The van der Waals surface area contributed by atoms with Gasteiger partial charge in [-0.15, -0.1) is 22.7 Å². The summed E-state index contributed by atoms with van der Waals surface area (Å²) in [7, 11) is -3.97. The first kappa shape index (κ1) is 19.8. The summed E-state index contributed by atoms with van der Waals surface area (Å²) in [5.41, 5.74) is 0.853. The number of carboxylic acids is 1. The number of hydrogen-bond acceptors (Lipinski definition) is 5. The van der Waals surface area contributed by atoms with E-state index in [1.165, 1.54) is 15.8 Å². The van der Waals surface area contributed by atoms with Crippen molar-refractivity contribution in [1.82, 2.24) is 4.31 Å². The highest BCUT2D eigenvalue weighted by Crippen LogP contribution is 2.29. The van der Waals surface area contributed by atoms with Crippen molar-refractivity contribution >= 4 is 38.7 Å². The number of rotatable bonds is 8. The summed E-state index contributed by atoms with van der Waals surface area (Å²) in [6.07, 6.45) is 0.566. The quantitative estimate of drug-likeness (QED) is 0.587. The normalized spacial score (nSPS) is 13.0. The first-order valence-corrected chi connectivity index (χ1v) is 11.5. The Morgan fingerprint density at radius 2 is 1.81 bits per heavy atom. The molecule has 142 valence electrons. The molecule has 0 aliphatic heterocycles. The number of carboxylic acid groups (broad SMARTS) is 1. The number of carbonyl (C=O) groups is 1. The first-order valence-electron chi connectivity index (χ1n) is 8.28. The Bertz CT molecular complexity index is 995. The Kier molecular flexibility index (Phi) is 6.11. The van der Waals surface area contributed by atoms with Crippen LogP contribution in [0.25, 0.3) is 0 Å². The van der Waals surface area contributed by atoms with Gasteiger partial charge in [0, 0.05) is 17.5 Å². The standard InChI is InChI=1S/C19H19NO4S3/c1-14(12-16-8-5-10-25-16)20(13-15-6-3-2-4-7-15)27(23,24)17-9-11-26-18(17)19(21)22/h2-11,14H,12-13H2,1H3,(H,21,22)/t14-/m0/s1. The third kappa shape index (κ3) is 4.47. The fraction of sp³-hybridized carbons (Fsp3) is 0.211. The SMILES string of the molecule is C[C@@H](Cc1cccs1)N(Cc1ccccc1)S(=O)(=O)c1ccsc1C(=O)O. The van der Waals surface area contributed by atoms with E-state index in [1.54, 1.807) is 11.3 Å². The minimum atomic E-state index is -3.97. The van der Waals surface area contributed by atoms with Crippen LogP contribution in [0.15, 0.2) is 64.2 Å². The molecule has 0 spiro atoms. The lowest BCUT2D eigenvalue weighted by Gasteiger charge is -2.28. The molecule has 0 saturated heterocycles. The molecule has 0 saturated carbocycles. The van der Waals surface area contributed by atoms with Gasteiger partial charge in [0.05, 0.1) is 0 Å². The second-order valence-electron chi connectivity index (χ2n) is 6.09. The van der Waals surface area contributed by atoms with Gasteiger partial charge >= 0.3 is 5.97 Å². The van der Waals surface area contributed by atoms with E-state index in [4.69, 9.17) is 0 Å². The zero-order valence-corrected chi connectivity index (χ0v) is 17.1. The summed E-state index contributed by atoms with van der Waals surface area (Å²) < 4.78 is 28.1. The summed E-state index contributed by atoms with van der Waals surface area (Å²) >= 11 is 2.50. The van der Waals surface area contributed by atoms with Crippen LogP contribution in [0.5, 0.6) is 0 Å². The minimum absolute atomic E-state index is 0.144. The first-order chi connectivity index (χ1) is 12.9. The number of nitrogens with zero attached hydrogens (tertiary/aromatic N) is 1. The van der Waals surface area contributed by atoms with Gasteiger partial charge in [-0.2, -0.15) is 4.31 Å². The molecule has 1 atom stereocenters. The zero-order chi connectivity index (χ0) is 19.4. The molecule has 27 heavy (non-hydrogen) atoms. The molecule has 2 aromatic heterocycles. The number of sulfonamides is 1. The highest BCUT2D eigenvalue weighted by molar-refractivity contribution is 7.89. The molecule has 1 N–H and O–H groups in total. The highest BCUT2D eigenvalue weighted by atomic mass is 32.2. The smallest absolute Gasteiger partial charge is 0.347 e. The van der Waals surface area contributed by atoms with Gasteiger partial charge in [0.15, 0.2) is 0 Å². The molecule has 0 aliphatic rings. The third-order valence-electron chi connectivity index (χ3n) is 4.16. The average molecular weight is 422 g/mol. The van der Waals surface area contributed by atoms with Crippen LogP contribution < -0.4 is 0 Å². The highest BCUT2D eigenvalue weighted by Gasteiger charge is 2.33. The van der Waals surface area contributed by atoms with E-state index in [2.05, 4.69) is 0 Å². The average Bonchev–Trinajstić information content (AvgIpc) is 3.32. The minimum Gasteiger partial charge on any atom is -0.477 e. The molecular weight excluding hydrogens is 402 g/mol. The van der Waals surface area contributed by atoms with Gasteiger partial charge in [-0.25, -0.2) is 13.2 Å². The maximum Gasteiger partial charge on any atom is 0.347 e. The van der Waals surface area contributed by atoms with E-state index in [-0.39, 0.29) is 22.4 Å². The van der Waals surface area contributed by atoms with Gasteiger partial charge in [-0.3, -0.25) is 0 Å². The van der Waals surface area contributed by atoms with Crippen molar-refractivity contribution in [2.45, 2.75) is 30.8 Å². The Hall–Kier alpha value is -2.00. The lowest BCUT2D eigenvalue weighted by molar-refractivity contribution is 0.0698. The number of benzene rings is 1. The van der Waals surface area contributed by atoms with Crippen molar-refractivity contribution in [3.05, 3.63) is 74.6 Å². The lowest BCUT2D eigenvalue weighted by atomic mass is 10.1. The van der Waals surface area contributed by atoms with Crippen molar-refractivity contribution < 1.29 is 18.3 Å². The largest absolute Gasteiger partial charge is 0.477 e. The second kappa shape index (κ2) is 8.35. The molecule has 0 aliphatic carbocycles. The van der Waals surface area contributed by atoms with Crippen LogP contribution in [0, 0.1) is 0 Å². The van der Waals surface area contributed by atoms with Crippen LogP contribution in [-0.4, -0.2) is 29.8 Å². The van der Waals surface area contributed by atoms with Crippen molar-refractivity contribution in [3.63, 3.8) is 0 Å². The molecule has 2 heterocycles. The van der Waals surface area contributed by atoms with E-state index in [9.17, 15) is 18.3 Å². The number of aromatic carboxylic acids is 1. The van der Waals surface area contributed by atoms with Gasteiger partial charge in [0.1, 0.15) is 9.77 Å². The topological polar surface area (TPSA) is 74.7 Å². The molecule has 0 bridgehead atoms. The summed E-state index contributed by atoms with van der Waals surface area (Å²) in [5.74, 6) is -1.23. The Balaban J connectivity index is 1.99. The Morgan fingerprint density at radius 3 is 2.44 bits per heavy atom. The Labute approximate surface area is 166 Å². The Morgan fingerprint density at radius 1 is 1.07 bits per heavy atom. The van der Waals surface area contributed by atoms with Crippen LogP contribution in [0.3, 0.4) is 0 Å². The van der Waals surface area contributed by atoms with Crippen LogP contribution in [-0.2, 0) is 23.0 Å². The van der Waals surface area contributed by atoms with E-state index in [0.717, 1.165) is 21.8 Å². The molecule has 0 unspecified atom stereocenters. The molecule has 1 aromatic carbocycles. The number of hydrogen-bond donors (Lipinski definition) is 1. The van der Waals surface area contributed by atoms with Gasteiger partial charge < -0.3 is 5.11 Å².